The first-order chi connectivity index (χ1) is 9.11. The molecule has 0 saturated carbocycles. The van der Waals surface area contributed by atoms with E-state index in [2.05, 4.69) is 0 Å². The minimum Gasteiger partial charge on any atom is -0.444 e. The molecule has 0 aromatic rings. The third-order valence-electron chi connectivity index (χ3n) is 4.08. The van der Waals surface area contributed by atoms with Crippen molar-refractivity contribution in [1.29, 1.82) is 0 Å². The summed E-state index contributed by atoms with van der Waals surface area (Å²) in [5, 5.41) is 10.2. The summed E-state index contributed by atoms with van der Waals surface area (Å²) in [6, 6.07) is 0. The third kappa shape index (κ3) is 3.85. The zero-order chi connectivity index (χ0) is 15.0. The van der Waals surface area contributed by atoms with Gasteiger partial charge in [0.05, 0.1) is 17.8 Å². The molecule has 0 aromatic carbocycles. The number of aliphatic hydroxyl groups is 1. The summed E-state index contributed by atoms with van der Waals surface area (Å²) < 4.78 is 11.3. The molecule has 116 valence electrons. The minimum atomic E-state index is -0.646. The molecule has 2 aliphatic heterocycles. The molecule has 20 heavy (non-hydrogen) atoms. The zero-order valence-electron chi connectivity index (χ0n) is 13.1. The van der Waals surface area contributed by atoms with Crippen LogP contribution in [-0.4, -0.2) is 52.6 Å². The van der Waals surface area contributed by atoms with E-state index in [0.29, 0.717) is 32.5 Å². The minimum absolute atomic E-state index is 0.255. The Hall–Kier alpha value is -0.810. The molecule has 1 spiro atoms. The number of ether oxygens (including phenoxy) is 2. The fourth-order valence-electron chi connectivity index (χ4n) is 3.07. The molecule has 2 aliphatic rings. The first-order valence-electron chi connectivity index (χ1n) is 7.45. The van der Waals surface area contributed by atoms with Crippen molar-refractivity contribution >= 4 is 6.09 Å². The highest BCUT2D eigenvalue weighted by molar-refractivity contribution is 5.68. The van der Waals surface area contributed by atoms with Crippen LogP contribution in [0, 0.1) is 0 Å². The van der Waals surface area contributed by atoms with Gasteiger partial charge in [0.2, 0.25) is 0 Å². The van der Waals surface area contributed by atoms with Crippen LogP contribution >= 0.6 is 0 Å². The molecular weight excluding hydrogens is 258 g/mol. The van der Waals surface area contributed by atoms with Crippen LogP contribution < -0.4 is 0 Å². The number of carbonyl (C=O) groups is 1. The second-order valence-electron chi connectivity index (χ2n) is 7.42. The molecule has 0 bridgehead atoms. The molecule has 1 amide bonds. The number of carbonyl (C=O) groups excluding carboxylic acids is 1. The lowest BCUT2D eigenvalue weighted by Crippen LogP contribution is -2.54. The largest absolute Gasteiger partial charge is 0.444 e. The van der Waals surface area contributed by atoms with Gasteiger partial charge >= 0.3 is 6.09 Å². The Labute approximate surface area is 121 Å². The molecule has 0 aliphatic carbocycles. The number of hydrogen-bond acceptors (Lipinski definition) is 4. The first-order valence-corrected chi connectivity index (χ1v) is 7.45. The summed E-state index contributed by atoms with van der Waals surface area (Å²) in [5.74, 6) is 0. The number of hydrogen-bond donors (Lipinski definition) is 1. The number of amides is 1. The van der Waals surface area contributed by atoms with Crippen LogP contribution in [0.4, 0.5) is 4.79 Å². The monoisotopic (exact) mass is 285 g/mol. The Balaban J connectivity index is 1.90. The number of rotatable bonds is 0. The maximum absolute atomic E-state index is 12.0. The topological polar surface area (TPSA) is 59.0 Å². The SMILES string of the molecule is CC1(O)CCOC2(CCN(C(=O)OC(C)(C)C)CC2)C1. The molecular formula is C15H27NO4. The fourth-order valence-corrected chi connectivity index (χ4v) is 3.07. The summed E-state index contributed by atoms with van der Waals surface area (Å²) in [5.41, 5.74) is -1.37. The number of piperidine rings is 1. The van der Waals surface area contributed by atoms with E-state index in [-0.39, 0.29) is 11.7 Å². The molecule has 0 radical (unpaired) electrons. The van der Waals surface area contributed by atoms with Gasteiger partial charge in [-0.1, -0.05) is 0 Å². The highest BCUT2D eigenvalue weighted by Crippen LogP contribution is 2.39. The average molecular weight is 285 g/mol. The lowest BCUT2D eigenvalue weighted by atomic mass is 9.78. The number of nitrogens with zero attached hydrogens (tertiary/aromatic N) is 1. The van der Waals surface area contributed by atoms with Crippen molar-refractivity contribution in [3.8, 4) is 0 Å². The van der Waals surface area contributed by atoms with Crippen LogP contribution in [0.5, 0.6) is 0 Å². The zero-order valence-corrected chi connectivity index (χ0v) is 13.1. The van der Waals surface area contributed by atoms with Crippen molar-refractivity contribution in [1.82, 2.24) is 4.90 Å². The van der Waals surface area contributed by atoms with Crippen molar-refractivity contribution in [2.24, 2.45) is 0 Å². The Morgan fingerprint density at radius 2 is 1.85 bits per heavy atom. The van der Waals surface area contributed by atoms with Crippen LogP contribution in [0.15, 0.2) is 0 Å². The van der Waals surface area contributed by atoms with Gasteiger partial charge in [0.15, 0.2) is 0 Å². The van der Waals surface area contributed by atoms with E-state index in [4.69, 9.17) is 9.47 Å². The maximum atomic E-state index is 12.0. The van der Waals surface area contributed by atoms with Gasteiger partial charge in [-0.25, -0.2) is 4.79 Å². The van der Waals surface area contributed by atoms with Gasteiger partial charge in [0, 0.05) is 19.5 Å². The quantitative estimate of drug-likeness (QED) is 0.742. The molecule has 1 atom stereocenters. The number of likely N-dealkylation sites (tertiary alicyclic amines) is 1. The van der Waals surface area contributed by atoms with E-state index >= 15 is 0 Å². The molecule has 1 N–H and O–H groups in total. The molecule has 2 rings (SSSR count). The van der Waals surface area contributed by atoms with Crippen molar-refractivity contribution < 1.29 is 19.4 Å². The van der Waals surface area contributed by atoms with E-state index in [9.17, 15) is 9.90 Å². The molecule has 0 aromatic heterocycles. The molecule has 5 nitrogen and oxygen atoms in total. The van der Waals surface area contributed by atoms with Gasteiger partial charge in [-0.2, -0.15) is 0 Å². The highest BCUT2D eigenvalue weighted by atomic mass is 16.6. The Morgan fingerprint density at radius 1 is 1.25 bits per heavy atom. The van der Waals surface area contributed by atoms with E-state index in [1.54, 1.807) is 4.90 Å². The molecule has 1 unspecified atom stereocenters. The summed E-state index contributed by atoms with van der Waals surface area (Å²) in [7, 11) is 0. The van der Waals surface area contributed by atoms with Crippen LogP contribution in [0.1, 0.15) is 53.4 Å². The van der Waals surface area contributed by atoms with Gasteiger partial charge in [0.1, 0.15) is 5.60 Å². The Bertz CT molecular complexity index is 365. The molecule has 5 heteroatoms. The van der Waals surface area contributed by atoms with E-state index in [1.165, 1.54) is 0 Å². The maximum Gasteiger partial charge on any atom is 0.410 e. The predicted octanol–water partition coefficient (Wildman–Crippen LogP) is 2.32. The second-order valence-corrected chi connectivity index (χ2v) is 7.42. The van der Waals surface area contributed by atoms with E-state index < -0.39 is 11.2 Å². The fraction of sp³-hybridized carbons (Fsp3) is 0.933. The second kappa shape index (κ2) is 5.19. The predicted molar refractivity (Wildman–Crippen MR) is 75.6 cm³/mol. The molecule has 2 fully saturated rings. The molecule has 2 saturated heterocycles. The third-order valence-corrected chi connectivity index (χ3v) is 4.08. The van der Waals surface area contributed by atoms with Crippen LogP contribution in [0.25, 0.3) is 0 Å². The van der Waals surface area contributed by atoms with Crippen LogP contribution in [-0.2, 0) is 9.47 Å². The smallest absolute Gasteiger partial charge is 0.410 e. The van der Waals surface area contributed by atoms with Gasteiger partial charge in [-0.05, 0) is 47.0 Å². The van der Waals surface area contributed by atoms with Crippen LogP contribution in [0.3, 0.4) is 0 Å². The summed E-state index contributed by atoms with van der Waals surface area (Å²) in [4.78, 5) is 13.8. The van der Waals surface area contributed by atoms with Gasteiger partial charge < -0.3 is 19.5 Å². The normalized spacial score (nSPS) is 30.4. The molecule has 2 heterocycles. The van der Waals surface area contributed by atoms with Crippen molar-refractivity contribution in [3.63, 3.8) is 0 Å². The van der Waals surface area contributed by atoms with Crippen molar-refractivity contribution in [3.05, 3.63) is 0 Å². The van der Waals surface area contributed by atoms with Crippen LogP contribution in [0.2, 0.25) is 0 Å². The Morgan fingerprint density at radius 3 is 2.35 bits per heavy atom. The lowest BCUT2D eigenvalue weighted by molar-refractivity contribution is -0.171. The van der Waals surface area contributed by atoms with E-state index in [0.717, 1.165) is 12.8 Å². The van der Waals surface area contributed by atoms with Crippen molar-refractivity contribution in [2.75, 3.05) is 19.7 Å². The highest BCUT2D eigenvalue weighted by Gasteiger charge is 2.45. The van der Waals surface area contributed by atoms with E-state index in [1.807, 2.05) is 27.7 Å². The Kier molecular flexibility index (Phi) is 4.04. The average Bonchev–Trinajstić information content (AvgIpc) is 2.25. The first kappa shape index (κ1) is 15.6. The van der Waals surface area contributed by atoms with Gasteiger partial charge in [0.25, 0.3) is 0 Å². The van der Waals surface area contributed by atoms with Gasteiger partial charge in [-0.15, -0.1) is 0 Å². The van der Waals surface area contributed by atoms with Gasteiger partial charge in [-0.3, -0.25) is 0 Å². The standard InChI is InChI=1S/C15H27NO4/c1-13(2,3)20-12(17)16-8-5-15(6-9-16)11-14(4,18)7-10-19-15/h18H,5-11H2,1-4H3. The summed E-state index contributed by atoms with van der Waals surface area (Å²) in [6.07, 6.45) is 2.62. The summed E-state index contributed by atoms with van der Waals surface area (Å²) in [6.45, 7) is 9.35. The van der Waals surface area contributed by atoms with Crippen molar-refractivity contribution in [2.45, 2.75) is 70.2 Å². The lowest BCUT2D eigenvalue weighted by Gasteiger charge is -2.48. The summed E-state index contributed by atoms with van der Waals surface area (Å²) >= 11 is 0.